The third-order valence-corrected chi connectivity index (χ3v) is 6.63. The molecule has 1 aromatic heterocycles. The summed E-state index contributed by atoms with van der Waals surface area (Å²) in [5.74, 6) is 2.46. The van der Waals surface area contributed by atoms with Gasteiger partial charge in [0.25, 0.3) is 5.91 Å². The van der Waals surface area contributed by atoms with E-state index < -0.39 is 0 Å². The Balaban J connectivity index is 1.35. The number of piperidine rings is 1. The minimum atomic E-state index is 0.159. The molecule has 5 heteroatoms. The lowest BCUT2D eigenvalue weighted by atomic mass is 9.90. The van der Waals surface area contributed by atoms with Gasteiger partial charge in [0, 0.05) is 24.5 Å². The Labute approximate surface area is 179 Å². The van der Waals surface area contributed by atoms with Crippen LogP contribution in [0, 0.1) is 19.8 Å². The first-order valence-electron chi connectivity index (χ1n) is 11.3. The van der Waals surface area contributed by atoms with Crippen LogP contribution in [0.1, 0.15) is 65.8 Å². The number of carbonyl (C=O) groups is 1. The highest BCUT2D eigenvalue weighted by Crippen LogP contribution is 2.34. The van der Waals surface area contributed by atoms with Crippen molar-refractivity contribution < 1.29 is 14.3 Å². The number of aromatic nitrogens is 1. The van der Waals surface area contributed by atoms with Crippen LogP contribution in [0.25, 0.3) is 0 Å². The normalized spacial score (nSPS) is 18.0. The first-order valence-corrected chi connectivity index (χ1v) is 11.3. The second-order valence-electron chi connectivity index (χ2n) is 8.94. The molecule has 30 heavy (non-hydrogen) atoms. The highest BCUT2D eigenvalue weighted by molar-refractivity contribution is 5.95. The van der Waals surface area contributed by atoms with Crippen molar-refractivity contribution in [1.82, 2.24) is 9.88 Å². The topological polar surface area (TPSA) is 54.6 Å². The lowest BCUT2D eigenvalue weighted by Crippen LogP contribution is -2.39. The molecule has 0 spiro atoms. The summed E-state index contributed by atoms with van der Waals surface area (Å²) in [6, 6.07) is 8.33. The average molecular weight is 411 g/mol. The summed E-state index contributed by atoms with van der Waals surface area (Å²) in [7, 11) is 1.71. The Kier molecular flexibility index (Phi) is 6.35. The molecular formula is C25H34N2O3. The van der Waals surface area contributed by atoms with Crippen LogP contribution < -0.4 is 9.47 Å². The van der Waals surface area contributed by atoms with Gasteiger partial charge in [-0.3, -0.25) is 4.79 Å². The lowest BCUT2D eigenvalue weighted by molar-refractivity contribution is 0.0690. The van der Waals surface area contributed by atoms with Crippen molar-refractivity contribution in [3.8, 4) is 11.5 Å². The summed E-state index contributed by atoms with van der Waals surface area (Å²) in [5.41, 5.74) is 4.12. The second kappa shape index (κ2) is 9.15. The summed E-state index contributed by atoms with van der Waals surface area (Å²) < 4.78 is 11.8. The predicted molar refractivity (Wildman–Crippen MR) is 118 cm³/mol. The van der Waals surface area contributed by atoms with E-state index in [0.717, 1.165) is 73.6 Å². The van der Waals surface area contributed by atoms with Gasteiger partial charge in [-0.15, -0.1) is 0 Å². The first-order chi connectivity index (χ1) is 14.5. The van der Waals surface area contributed by atoms with E-state index in [-0.39, 0.29) is 5.91 Å². The smallest absolute Gasteiger partial charge is 0.255 e. The number of aryl methyl sites for hydroxylation is 2. The molecule has 1 aliphatic heterocycles. The fourth-order valence-electron chi connectivity index (χ4n) is 4.92. The number of hydrogen-bond donors (Lipinski definition) is 1. The van der Waals surface area contributed by atoms with Crippen LogP contribution in [0.15, 0.2) is 24.3 Å². The van der Waals surface area contributed by atoms with Crippen LogP contribution >= 0.6 is 0 Å². The maximum absolute atomic E-state index is 12.9. The molecule has 1 saturated heterocycles. The summed E-state index contributed by atoms with van der Waals surface area (Å²) >= 11 is 0. The zero-order valence-electron chi connectivity index (χ0n) is 18.5. The van der Waals surface area contributed by atoms with Gasteiger partial charge < -0.3 is 19.4 Å². The number of H-pyrrole nitrogens is 1. The Morgan fingerprint density at radius 1 is 1.07 bits per heavy atom. The zero-order chi connectivity index (χ0) is 21.1. The van der Waals surface area contributed by atoms with E-state index in [1.54, 1.807) is 7.11 Å². The minimum Gasteiger partial charge on any atom is -0.493 e. The van der Waals surface area contributed by atoms with E-state index in [9.17, 15) is 4.79 Å². The summed E-state index contributed by atoms with van der Waals surface area (Å²) in [6.45, 7) is 5.63. The van der Waals surface area contributed by atoms with Gasteiger partial charge in [0.1, 0.15) is 0 Å². The molecule has 162 valence electrons. The van der Waals surface area contributed by atoms with Crippen LogP contribution in [0.5, 0.6) is 11.5 Å². The van der Waals surface area contributed by atoms with Crippen molar-refractivity contribution >= 4 is 5.91 Å². The van der Waals surface area contributed by atoms with Crippen molar-refractivity contribution in [1.29, 1.82) is 0 Å². The second-order valence-corrected chi connectivity index (χ2v) is 8.94. The number of rotatable bonds is 6. The van der Waals surface area contributed by atoms with E-state index in [1.165, 1.54) is 18.4 Å². The van der Waals surface area contributed by atoms with E-state index in [1.807, 2.05) is 30.9 Å². The monoisotopic (exact) mass is 410 g/mol. The number of nitrogens with one attached hydrogen (secondary N) is 1. The number of benzene rings is 1. The number of nitrogens with zero attached hydrogens (tertiary/aromatic N) is 1. The highest BCUT2D eigenvalue weighted by Gasteiger charge is 2.26. The van der Waals surface area contributed by atoms with Crippen LogP contribution in [-0.4, -0.2) is 42.1 Å². The largest absolute Gasteiger partial charge is 0.493 e. The number of carbonyl (C=O) groups excluding carboxylic acids is 1. The minimum absolute atomic E-state index is 0.159. The molecule has 2 fully saturated rings. The molecular weight excluding hydrogens is 376 g/mol. The number of amides is 1. The van der Waals surface area contributed by atoms with E-state index >= 15 is 0 Å². The molecule has 1 amide bonds. The first kappa shape index (κ1) is 20.8. The Morgan fingerprint density at radius 2 is 1.80 bits per heavy atom. The molecule has 0 atom stereocenters. The molecule has 0 radical (unpaired) electrons. The van der Waals surface area contributed by atoms with Gasteiger partial charge in [-0.1, -0.05) is 6.07 Å². The molecule has 0 bridgehead atoms. The van der Waals surface area contributed by atoms with Gasteiger partial charge in [-0.2, -0.15) is 0 Å². The van der Waals surface area contributed by atoms with Crippen LogP contribution in [0.4, 0.5) is 0 Å². The van der Waals surface area contributed by atoms with Crippen molar-refractivity contribution in [2.45, 2.75) is 64.9 Å². The molecule has 1 N–H and O–H groups in total. The Hall–Kier alpha value is -2.43. The standard InChI is InChI=1S/C25H34N2O3/c1-17-14-22(18(2)26-17)25(28)27-12-10-19(11-13-27)15-20-8-9-23(29-3)24(16-20)30-21-6-4-5-7-21/h8-9,14,16,19,21,26H,4-7,10-13,15H2,1-3H3. The van der Waals surface area contributed by atoms with E-state index in [2.05, 4.69) is 17.1 Å². The van der Waals surface area contributed by atoms with Crippen molar-refractivity contribution in [2.75, 3.05) is 20.2 Å². The zero-order valence-corrected chi connectivity index (χ0v) is 18.5. The van der Waals surface area contributed by atoms with Crippen molar-refractivity contribution in [3.05, 3.63) is 46.8 Å². The van der Waals surface area contributed by atoms with Gasteiger partial charge in [-0.25, -0.2) is 0 Å². The molecule has 1 saturated carbocycles. The van der Waals surface area contributed by atoms with Gasteiger partial charge in [0.05, 0.1) is 18.8 Å². The Bertz CT molecular complexity index is 875. The highest BCUT2D eigenvalue weighted by atomic mass is 16.5. The molecule has 1 aliphatic carbocycles. The number of ether oxygens (including phenoxy) is 2. The SMILES string of the molecule is COc1ccc(CC2CCN(C(=O)c3cc(C)[nH]c3C)CC2)cc1OC1CCCC1. The molecule has 5 nitrogen and oxygen atoms in total. The molecule has 2 aromatic rings. The predicted octanol–water partition coefficient (Wildman–Crippen LogP) is 5.06. The summed E-state index contributed by atoms with van der Waals surface area (Å²) in [5, 5.41) is 0. The van der Waals surface area contributed by atoms with Crippen molar-refractivity contribution in [3.63, 3.8) is 0 Å². The van der Waals surface area contributed by atoms with Gasteiger partial charge in [-0.05, 0) is 88.5 Å². The fraction of sp³-hybridized carbons (Fsp3) is 0.560. The van der Waals surface area contributed by atoms with Gasteiger partial charge in [0.2, 0.25) is 0 Å². The average Bonchev–Trinajstić information content (AvgIpc) is 3.37. The third-order valence-electron chi connectivity index (χ3n) is 6.63. The molecule has 2 aliphatic rings. The van der Waals surface area contributed by atoms with Gasteiger partial charge >= 0.3 is 0 Å². The molecule has 4 rings (SSSR count). The fourth-order valence-corrected chi connectivity index (χ4v) is 4.92. The maximum atomic E-state index is 12.9. The summed E-state index contributed by atoms with van der Waals surface area (Å²) in [6.07, 6.45) is 8.22. The number of likely N-dealkylation sites (tertiary alicyclic amines) is 1. The number of methoxy groups -OCH3 is 1. The number of aromatic amines is 1. The maximum Gasteiger partial charge on any atom is 0.255 e. The van der Waals surface area contributed by atoms with Crippen LogP contribution in [0.3, 0.4) is 0 Å². The van der Waals surface area contributed by atoms with E-state index in [4.69, 9.17) is 9.47 Å². The summed E-state index contributed by atoms with van der Waals surface area (Å²) in [4.78, 5) is 18.1. The van der Waals surface area contributed by atoms with Crippen LogP contribution in [0.2, 0.25) is 0 Å². The quantitative estimate of drug-likeness (QED) is 0.724. The molecule has 1 aromatic carbocycles. The lowest BCUT2D eigenvalue weighted by Gasteiger charge is -2.32. The Morgan fingerprint density at radius 3 is 2.43 bits per heavy atom. The molecule has 2 heterocycles. The third kappa shape index (κ3) is 4.66. The van der Waals surface area contributed by atoms with Gasteiger partial charge in [0.15, 0.2) is 11.5 Å². The van der Waals surface area contributed by atoms with Crippen molar-refractivity contribution in [2.24, 2.45) is 5.92 Å². The molecule has 0 unspecified atom stereocenters. The van der Waals surface area contributed by atoms with Crippen LogP contribution in [-0.2, 0) is 6.42 Å². The van der Waals surface area contributed by atoms with E-state index in [0.29, 0.717) is 12.0 Å². The number of hydrogen-bond acceptors (Lipinski definition) is 3.